The molecule has 1 saturated heterocycles. The van der Waals surface area contributed by atoms with Crippen molar-refractivity contribution in [2.24, 2.45) is 0 Å². The lowest BCUT2D eigenvalue weighted by molar-refractivity contribution is 0.158. The van der Waals surface area contributed by atoms with E-state index >= 15 is 0 Å². The third kappa shape index (κ3) is 3.53. The van der Waals surface area contributed by atoms with Gasteiger partial charge in [0.15, 0.2) is 0 Å². The summed E-state index contributed by atoms with van der Waals surface area (Å²) in [6.45, 7) is 7.32. The molecular weight excluding hydrogens is 153 g/mol. The van der Waals surface area contributed by atoms with E-state index in [1.54, 1.807) is 0 Å². The molecule has 12 heavy (non-hydrogen) atoms. The van der Waals surface area contributed by atoms with Crippen molar-refractivity contribution in [2.75, 3.05) is 13.1 Å². The van der Waals surface area contributed by atoms with E-state index in [4.69, 9.17) is 0 Å². The van der Waals surface area contributed by atoms with Crippen LogP contribution in [0, 0.1) is 0 Å². The molecule has 74 valence electrons. The highest BCUT2D eigenvalue weighted by Crippen LogP contribution is 2.16. The van der Waals surface area contributed by atoms with Crippen LogP contribution < -0.4 is 0 Å². The fourth-order valence-corrected chi connectivity index (χ4v) is 1.85. The van der Waals surface area contributed by atoms with Gasteiger partial charge in [-0.25, -0.2) is 0 Å². The molecule has 0 spiro atoms. The van der Waals surface area contributed by atoms with E-state index in [9.17, 15) is 0 Å². The van der Waals surface area contributed by atoms with Gasteiger partial charge in [-0.15, -0.1) is 0 Å². The summed E-state index contributed by atoms with van der Waals surface area (Å²) in [4.78, 5) is 2.65. The van der Waals surface area contributed by atoms with E-state index in [0.717, 1.165) is 6.04 Å². The molecule has 1 fully saturated rings. The summed E-state index contributed by atoms with van der Waals surface area (Å²) in [7, 11) is 0. The Balaban J connectivity index is 0.00000121. The van der Waals surface area contributed by atoms with E-state index in [0.29, 0.717) is 0 Å². The van der Waals surface area contributed by atoms with Crippen molar-refractivity contribution in [3.05, 3.63) is 0 Å². The fourth-order valence-electron chi connectivity index (χ4n) is 1.85. The van der Waals surface area contributed by atoms with Crippen molar-refractivity contribution in [1.82, 2.24) is 4.90 Å². The molecule has 1 aliphatic rings. The Labute approximate surface area is 75.5 Å². The summed E-state index contributed by atoms with van der Waals surface area (Å²) in [5.41, 5.74) is 0. The lowest BCUT2D eigenvalue weighted by atomic mass is 10.0. The van der Waals surface area contributed by atoms with Crippen LogP contribution in [0.5, 0.6) is 0 Å². The van der Waals surface area contributed by atoms with Crippen LogP contribution in [0.4, 0.5) is 4.70 Å². The zero-order valence-electron chi connectivity index (χ0n) is 8.38. The summed E-state index contributed by atoms with van der Waals surface area (Å²) >= 11 is 0. The lowest BCUT2D eigenvalue weighted by Gasteiger charge is -2.33. The van der Waals surface area contributed by atoms with Gasteiger partial charge in [0.2, 0.25) is 0 Å². The Bertz CT molecular complexity index is 106. The molecule has 0 aromatic carbocycles. The van der Waals surface area contributed by atoms with Gasteiger partial charge in [-0.1, -0.05) is 19.8 Å². The van der Waals surface area contributed by atoms with Crippen molar-refractivity contribution in [3.63, 3.8) is 0 Å². The molecule has 0 saturated carbocycles. The Hall–Kier alpha value is -0.110. The monoisotopic (exact) mass is 175 g/mol. The van der Waals surface area contributed by atoms with E-state index in [2.05, 4.69) is 18.7 Å². The molecule has 0 bridgehead atoms. The highest BCUT2D eigenvalue weighted by Gasteiger charge is 2.16. The number of halogens is 1. The number of nitrogens with zero attached hydrogens (tertiary/aromatic N) is 1. The standard InChI is InChI=1S/C10H21N.FH/c1-3-4-8-11-9-6-5-7-10(11)2;/h10H,3-9H2,1-2H3;1H. The van der Waals surface area contributed by atoms with Crippen molar-refractivity contribution in [1.29, 1.82) is 0 Å². The molecule has 0 amide bonds. The summed E-state index contributed by atoms with van der Waals surface area (Å²) in [6, 6.07) is 0.857. The average Bonchev–Trinajstić information content (AvgIpc) is 2.03. The fraction of sp³-hybridized carbons (Fsp3) is 1.00. The highest BCUT2D eigenvalue weighted by atomic mass is 19.0. The second-order valence-corrected chi connectivity index (χ2v) is 3.73. The maximum Gasteiger partial charge on any atom is 0.00669 e. The summed E-state index contributed by atoms with van der Waals surface area (Å²) < 4.78 is 0. The van der Waals surface area contributed by atoms with Crippen LogP contribution in [-0.2, 0) is 0 Å². The topological polar surface area (TPSA) is 3.24 Å². The predicted octanol–water partition coefficient (Wildman–Crippen LogP) is 2.81. The van der Waals surface area contributed by atoms with Crippen LogP contribution in [0.15, 0.2) is 0 Å². The molecule has 2 heteroatoms. The largest absolute Gasteiger partial charge is 0.301 e. The average molecular weight is 175 g/mol. The van der Waals surface area contributed by atoms with Crippen molar-refractivity contribution in [2.45, 2.75) is 52.0 Å². The predicted molar refractivity (Wildman–Crippen MR) is 52.3 cm³/mol. The first-order chi connectivity index (χ1) is 5.34. The number of hydrogen-bond donors (Lipinski definition) is 0. The van der Waals surface area contributed by atoms with Crippen LogP contribution in [0.25, 0.3) is 0 Å². The van der Waals surface area contributed by atoms with Gasteiger partial charge in [0, 0.05) is 6.04 Å². The smallest absolute Gasteiger partial charge is 0.00669 e. The van der Waals surface area contributed by atoms with Gasteiger partial charge in [0.25, 0.3) is 0 Å². The zero-order chi connectivity index (χ0) is 8.10. The molecule has 0 aromatic rings. The number of hydrogen-bond acceptors (Lipinski definition) is 1. The Morgan fingerprint density at radius 3 is 2.67 bits per heavy atom. The second kappa shape index (κ2) is 6.41. The normalized spacial score (nSPS) is 25.0. The van der Waals surface area contributed by atoms with E-state index in [1.807, 2.05) is 0 Å². The molecule has 0 aromatic heterocycles. The van der Waals surface area contributed by atoms with Gasteiger partial charge in [-0.2, -0.15) is 0 Å². The minimum absolute atomic E-state index is 0. The molecule has 1 rings (SSSR count). The van der Waals surface area contributed by atoms with Gasteiger partial charge in [0.05, 0.1) is 0 Å². The third-order valence-corrected chi connectivity index (χ3v) is 2.74. The van der Waals surface area contributed by atoms with Crippen LogP contribution in [-0.4, -0.2) is 24.0 Å². The Morgan fingerprint density at radius 1 is 1.33 bits per heavy atom. The third-order valence-electron chi connectivity index (χ3n) is 2.74. The van der Waals surface area contributed by atoms with Gasteiger partial charge >= 0.3 is 0 Å². The van der Waals surface area contributed by atoms with Crippen LogP contribution in [0.2, 0.25) is 0 Å². The first-order valence-corrected chi connectivity index (χ1v) is 5.08. The van der Waals surface area contributed by atoms with Crippen molar-refractivity contribution < 1.29 is 4.70 Å². The maximum absolute atomic E-state index is 2.65. The molecular formula is C10H22FN. The molecule has 0 aliphatic carbocycles. The minimum atomic E-state index is 0. The summed E-state index contributed by atoms with van der Waals surface area (Å²) in [5, 5.41) is 0. The number of rotatable bonds is 3. The molecule has 1 nitrogen and oxygen atoms in total. The highest BCUT2D eigenvalue weighted by molar-refractivity contribution is 4.72. The minimum Gasteiger partial charge on any atom is -0.301 e. The van der Waals surface area contributed by atoms with Crippen LogP contribution in [0.1, 0.15) is 46.0 Å². The van der Waals surface area contributed by atoms with E-state index in [-0.39, 0.29) is 4.70 Å². The van der Waals surface area contributed by atoms with Gasteiger partial charge in [-0.3, -0.25) is 4.70 Å². The van der Waals surface area contributed by atoms with Crippen LogP contribution >= 0.6 is 0 Å². The molecule has 1 atom stereocenters. The van der Waals surface area contributed by atoms with Gasteiger partial charge in [0.1, 0.15) is 0 Å². The van der Waals surface area contributed by atoms with Crippen molar-refractivity contribution in [3.8, 4) is 0 Å². The molecule has 1 aliphatic heterocycles. The summed E-state index contributed by atoms with van der Waals surface area (Å²) in [5.74, 6) is 0. The van der Waals surface area contributed by atoms with Gasteiger partial charge < -0.3 is 4.90 Å². The maximum atomic E-state index is 2.65. The first-order valence-electron chi connectivity index (χ1n) is 5.08. The molecule has 0 N–H and O–H groups in total. The molecule has 1 unspecified atom stereocenters. The lowest BCUT2D eigenvalue weighted by Crippen LogP contribution is -2.37. The van der Waals surface area contributed by atoms with E-state index in [1.165, 1.54) is 45.2 Å². The van der Waals surface area contributed by atoms with Crippen LogP contribution in [0.3, 0.4) is 0 Å². The zero-order valence-corrected chi connectivity index (χ0v) is 8.38. The molecule has 1 heterocycles. The SMILES string of the molecule is CCCCN1CCCCC1C.F. The number of piperidine rings is 1. The second-order valence-electron chi connectivity index (χ2n) is 3.73. The number of likely N-dealkylation sites (tertiary alicyclic amines) is 1. The Kier molecular flexibility index (Phi) is 6.35. The quantitative estimate of drug-likeness (QED) is 0.637. The van der Waals surface area contributed by atoms with Crippen molar-refractivity contribution >= 4 is 0 Å². The van der Waals surface area contributed by atoms with E-state index < -0.39 is 0 Å². The molecule has 0 radical (unpaired) electrons. The summed E-state index contributed by atoms with van der Waals surface area (Å²) in [6.07, 6.45) is 7.01. The number of unbranched alkanes of at least 4 members (excludes halogenated alkanes) is 1. The Morgan fingerprint density at radius 2 is 2.08 bits per heavy atom. The van der Waals surface area contributed by atoms with Gasteiger partial charge in [-0.05, 0) is 39.3 Å². The first kappa shape index (κ1) is 11.9.